The Hall–Kier alpha value is -0.320. The van der Waals surface area contributed by atoms with Gasteiger partial charge in [-0.15, -0.1) is 11.8 Å². The van der Waals surface area contributed by atoms with E-state index in [1.807, 2.05) is 30.3 Å². The number of hydrogen-bond donors (Lipinski definition) is 1. The maximum Gasteiger partial charge on any atom is 0.0939 e. The molecule has 0 bridgehead atoms. The molecular weight excluding hydrogens is 276 g/mol. The molecule has 0 spiro atoms. The second-order valence-electron chi connectivity index (χ2n) is 5.36. The van der Waals surface area contributed by atoms with E-state index in [2.05, 4.69) is 13.8 Å². The molecule has 3 atom stereocenters. The van der Waals surface area contributed by atoms with Gasteiger partial charge in [0.05, 0.1) is 10.2 Å². The van der Waals surface area contributed by atoms with Crippen LogP contribution in [0.1, 0.15) is 44.8 Å². The molecule has 1 aromatic rings. The second-order valence-corrected chi connectivity index (χ2v) is 9.46. The zero-order valence-corrected chi connectivity index (χ0v) is 13.2. The minimum Gasteiger partial charge on any atom is -0.388 e. The number of hydrogen-bond acceptors (Lipinski definition) is 3. The van der Waals surface area contributed by atoms with Crippen LogP contribution in [-0.2, 0) is 10.8 Å². The minimum atomic E-state index is -0.831. The van der Waals surface area contributed by atoms with E-state index in [-0.39, 0.29) is 4.08 Å². The van der Waals surface area contributed by atoms with Crippen LogP contribution in [0.5, 0.6) is 0 Å². The van der Waals surface area contributed by atoms with Gasteiger partial charge in [-0.3, -0.25) is 4.21 Å². The van der Waals surface area contributed by atoms with E-state index >= 15 is 0 Å². The molecule has 0 saturated carbocycles. The van der Waals surface area contributed by atoms with Crippen LogP contribution in [0.4, 0.5) is 0 Å². The van der Waals surface area contributed by atoms with E-state index in [0.717, 1.165) is 24.2 Å². The van der Waals surface area contributed by atoms with Crippen molar-refractivity contribution in [3.05, 3.63) is 35.9 Å². The summed E-state index contributed by atoms with van der Waals surface area (Å²) in [6, 6.07) is 9.70. The molecule has 2 nitrogen and oxygen atoms in total. The first kappa shape index (κ1) is 15.1. The largest absolute Gasteiger partial charge is 0.388 e. The van der Waals surface area contributed by atoms with Crippen molar-refractivity contribution in [3.63, 3.8) is 0 Å². The lowest BCUT2D eigenvalue weighted by Crippen LogP contribution is -2.30. The van der Waals surface area contributed by atoms with Crippen molar-refractivity contribution < 1.29 is 9.32 Å². The molecule has 0 radical (unpaired) electrons. The normalized spacial score (nSPS) is 28.7. The average Bonchev–Trinajstić information content (AvgIpc) is 2.71. The van der Waals surface area contributed by atoms with E-state index in [1.54, 1.807) is 11.8 Å². The van der Waals surface area contributed by atoms with Gasteiger partial charge in [0.2, 0.25) is 0 Å². The van der Waals surface area contributed by atoms with E-state index in [9.17, 15) is 9.32 Å². The van der Waals surface area contributed by atoms with Gasteiger partial charge in [-0.05, 0) is 18.4 Å². The predicted octanol–water partition coefficient (Wildman–Crippen LogP) is 3.49. The number of benzene rings is 1. The quantitative estimate of drug-likeness (QED) is 0.904. The summed E-state index contributed by atoms with van der Waals surface area (Å²) in [5.74, 6) is 0.779. The van der Waals surface area contributed by atoms with Crippen LogP contribution in [0.15, 0.2) is 30.3 Å². The Morgan fingerprint density at radius 3 is 2.58 bits per heavy atom. The first-order valence-electron chi connectivity index (χ1n) is 6.83. The smallest absolute Gasteiger partial charge is 0.0939 e. The van der Waals surface area contributed by atoms with Gasteiger partial charge in [0, 0.05) is 28.2 Å². The molecule has 2 rings (SSSR count). The molecule has 1 fully saturated rings. The predicted molar refractivity (Wildman–Crippen MR) is 83.7 cm³/mol. The van der Waals surface area contributed by atoms with Crippen LogP contribution in [0.3, 0.4) is 0 Å². The third-order valence-corrected chi connectivity index (χ3v) is 7.42. The third-order valence-electron chi connectivity index (χ3n) is 3.44. The second kappa shape index (κ2) is 6.42. The van der Waals surface area contributed by atoms with Crippen molar-refractivity contribution in [1.82, 2.24) is 0 Å². The fourth-order valence-electron chi connectivity index (χ4n) is 2.65. The molecule has 0 aliphatic carbocycles. The molecule has 1 aliphatic rings. The summed E-state index contributed by atoms with van der Waals surface area (Å²) in [5, 5.41) is 10.9. The number of aliphatic hydroxyl groups excluding tert-OH is 1. The zero-order chi connectivity index (χ0) is 13.9. The summed E-state index contributed by atoms with van der Waals surface area (Å²) in [6.45, 7) is 4.27. The SMILES string of the molecule is CC(C)S[C@]1(C[C@@H](O)c2ccccc2)CCCS1=O. The van der Waals surface area contributed by atoms with Crippen molar-refractivity contribution in [3.8, 4) is 0 Å². The Morgan fingerprint density at radius 2 is 2.05 bits per heavy atom. The Bertz CT molecular complexity index is 433. The lowest BCUT2D eigenvalue weighted by molar-refractivity contribution is 0.162. The van der Waals surface area contributed by atoms with Crippen LogP contribution in [0, 0.1) is 0 Å². The summed E-state index contributed by atoms with van der Waals surface area (Å²) in [4.78, 5) is 0. The summed E-state index contributed by atoms with van der Waals surface area (Å²) >= 11 is 1.78. The maximum atomic E-state index is 12.4. The van der Waals surface area contributed by atoms with E-state index in [1.165, 1.54) is 0 Å². The highest BCUT2D eigenvalue weighted by Crippen LogP contribution is 2.47. The molecule has 1 saturated heterocycles. The van der Waals surface area contributed by atoms with Crippen LogP contribution >= 0.6 is 11.8 Å². The molecule has 4 heteroatoms. The molecule has 19 heavy (non-hydrogen) atoms. The molecule has 1 unspecified atom stereocenters. The summed E-state index contributed by atoms with van der Waals surface area (Å²) in [5.41, 5.74) is 0.926. The Kier molecular flexibility index (Phi) is 5.09. The van der Waals surface area contributed by atoms with Crippen molar-refractivity contribution in [1.29, 1.82) is 0 Å². The van der Waals surface area contributed by atoms with Crippen LogP contribution in [-0.4, -0.2) is 24.4 Å². The Labute approximate surface area is 122 Å². The first-order chi connectivity index (χ1) is 9.03. The van der Waals surface area contributed by atoms with E-state index < -0.39 is 16.9 Å². The van der Waals surface area contributed by atoms with Gasteiger partial charge in [0.1, 0.15) is 0 Å². The van der Waals surface area contributed by atoms with Gasteiger partial charge < -0.3 is 5.11 Å². The molecule has 0 amide bonds. The molecule has 106 valence electrons. The average molecular weight is 298 g/mol. The molecule has 1 N–H and O–H groups in total. The Balaban J connectivity index is 2.15. The van der Waals surface area contributed by atoms with Gasteiger partial charge in [-0.25, -0.2) is 0 Å². The van der Waals surface area contributed by atoms with Crippen LogP contribution < -0.4 is 0 Å². The number of thioether (sulfide) groups is 1. The zero-order valence-electron chi connectivity index (χ0n) is 11.5. The van der Waals surface area contributed by atoms with Gasteiger partial charge in [-0.2, -0.15) is 0 Å². The van der Waals surface area contributed by atoms with Crippen molar-refractivity contribution >= 4 is 22.6 Å². The topological polar surface area (TPSA) is 37.3 Å². The van der Waals surface area contributed by atoms with E-state index in [0.29, 0.717) is 11.7 Å². The lowest BCUT2D eigenvalue weighted by Gasteiger charge is -2.31. The summed E-state index contributed by atoms with van der Waals surface area (Å²) in [6.07, 6.45) is 2.03. The third kappa shape index (κ3) is 3.61. The van der Waals surface area contributed by atoms with Crippen molar-refractivity contribution in [2.45, 2.75) is 48.5 Å². The highest BCUT2D eigenvalue weighted by atomic mass is 32.2. The van der Waals surface area contributed by atoms with Crippen molar-refractivity contribution in [2.75, 3.05) is 5.75 Å². The van der Waals surface area contributed by atoms with Gasteiger partial charge in [0.15, 0.2) is 0 Å². The fourth-order valence-corrected chi connectivity index (χ4v) is 6.77. The standard InChI is InChI=1S/C15H22O2S2/c1-12(2)18-15(9-6-10-19(15)17)11-14(16)13-7-4-3-5-8-13/h3-5,7-8,12,14,16H,6,9-11H2,1-2H3/t14-,15-,19?/m1/s1. The van der Waals surface area contributed by atoms with Gasteiger partial charge in [0.25, 0.3) is 0 Å². The highest BCUT2D eigenvalue weighted by Gasteiger charge is 2.43. The Morgan fingerprint density at radius 1 is 1.37 bits per heavy atom. The van der Waals surface area contributed by atoms with Gasteiger partial charge in [-0.1, -0.05) is 44.2 Å². The highest BCUT2D eigenvalue weighted by molar-refractivity contribution is 8.13. The molecule has 1 heterocycles. The lowest BCUT2D eigenvalue weighted by atomic mass is 10.0. The van der Waals surface area contributed by atoms with Crippen LogP contribution in [0.25, 0.3) is 0 Å². The van der Waals surface area contributed by atoms with E-state index in [4.69, 9.17) is 0 Å². The van der Waals surface area contributed by atoms with Gasteiger partial charge >= 0.3 is 0 Å². The van der Waals surface area contributed by atoms with Crippen LogP contribution in [0.2, 0.25) is 0 Å². The fraction of sp³-hybridized carbons (Fsp3) is 0.600. The maximum absolute atomic E-state index is 12.4. The summed E-state index contributed by atoms with van der Waals surface area (Å²) in [7, 11) is -0.831. The molecule has 1 aromatic carbocycles. The number of aliphatic hydroxyl groups is 1. The first-order valence-corrected chi connectivity index (χ1v) is 9.03. The summed E-state index contributed by atoms with van der Waals surface area (Å²) < 4.78 is 12.1. The number of rotatable bonds is 5. The monoisotopic (exact) mass is 298 g/mol. The molecule has 1 aliphatic heterocycles. The minimum absolute atomic E-state index is 0.260. The molecular formula is C15H22O2S2. The molecule has 0 aromatic heterocycles. The van der Waals surface area contributed by atoms with Crippen molar-refractivity contribution in [2.24, 2.45) is 0 Å².